The molecule has 1 heterocycles. The third kappa shape index (κ3) is 3.33. The maximum Gasteiger partial charge on any atom is 0.441 e. The molecule has 0 unspecified atom stereocenters. The summed E-state index contributed by atoms with van der Waals surface area (Å²) in [5, 5.41) is 2.10. The average molecular weight is 324 g/mol. The Bertz CT molecular complexity index is 461. The first-order chi connectivity index (χ1) is 9.76. The molecule has 1 aliphatic heterocycles. The first kappa shape index (κ1) is 16.1. The molecule has 0 aromatic carbocycles. The van der Waals surface area contributed by atoms with Crippen LogP contribution in [0.5, 0.6) is 0 Å². The molecule has 1 saturated carbocycles. The van der Waals surface area contributed by atoms with Crippen molar-refractivity contribution in [1.82, 2.24) is 10.2 Å². The van der Waals surface area contributed by atoms with Gasteiger partial charge in [0, 0.05) is 12.3 Å². The molecular formula is C12H15F3N2O3S. The van der Waals surface area contributed by atoms with E-state index in [1.54, 1.807) is 0 Å². The van der Waals surface area contributed by atoms with Crippen LogP contribution in [-0.4, -0.2) is 40.6 Å². The molecule has 0 aromatic heterocycles. The smallest absolute Gasteiger partial charge is 0.277 e. The zero-order valence-corrected chi connectivity index (χ0v) is 12.0. The van der Waals surface area contributed by atoms with Crippen molar-refractivity contribution in [3.63, 3.8) is 0 Å². The van der Waals surface area contributed by atoms with Crippen LogP contribution in [0, 0.1) is 5.41 Å². The molecule has 2 aliphatic rings. The minimum absolute atomic E-state index is 0.292. The Morgan fingerprint density at radius 3 is 2.33 bits per heavy atom. The molecular weight excluding hydrogens is 309 g/mol. The highest BCUT2D eigenvalue weighted by Crippen LogP contribution is 2.40. The first-order valence-corrected chi connectivity index (χ1v) is 7.63. The number of rotatable bonds is 3. The van der Waals surface area contributed by atoms with Crippen molar-refractivity contribution < 1.29 is 27.6 Å². The van der Waals surface area contributed by atoms with E-state index in [1.165, 1.54) is 0 Å². The van der Waals surface area contributed by atoms with Gasteiger partial charge in [0.2, 0.25) is 11.8 Å². The van der Waals surface area contributed by atoms with Gasteiger partial charge in [0.1, 0.15) is 5.41 Å². The Labute approximate surface area is 123 Å². The Balaban J connectivity index is 2.08. The fourth-order valence-electron chi connectivity index (χ4n) is 2.78. The van der Waals surface area contributed by atoms with Crippen molar-refractivity contribution in [2.24, 2.45) is 5.41 Å². The second kappa shape index (κ2) is 5.86. The maximum absolute atomic E-state index is 12.4. The first-order valence-electron chi connectivity index (χ1n) is 6.64. The van der Waals surface area contributed by atoms with Crippen molar-refractivity contribution in [1.29, 1.82) is 0 Å². The van der Waals surface area contributed by atoms with Crippen molar-refractivity contribution >= 4 is 29.6 Å². The number of carbonyl (C=O) groups excluding carboxylic acids is 3. The number of carbonyl (C=O) groups is 3. The monoisotopic (exact) mass is 324 g/mol. The van der Waals surface area contributed by atoms with Gasteiger partial charge in [-0.25, -0.2) is 4.79 Å². The van der Waals surface area contributed by atoms with Gasteiger partial charge >= 0.3 is 11.5 Å². The number of amides is 4. The molecule has 21 heavy (non-hydrogen) atoms. The predicted octanol–water partition coefficient (Wildman–Crippen LogP) is 2.27. The summed E-state index contributed by atoms with van der Waals surface area (Å²) < 4.78 is 36.4. The molecule has 1 saturated heterocycles. The van der Waals surface area contributed by atoms with Gasteiger partial charge in [-0.3, -0.25) is 19.8 Å². The summed E-state index contributed by atoms with van der Waals surface area (Å²) >= 11 is -0.292. The van der Waals surface area contributed by atoms with E-state index in [-0.39, 0.29) is 18.3 Å². The standard InChI is InChI=1S/C12H15F3N2O3S/c13-12(14,15)21-7-6-17-9(19)11(4-2-1-3-5-11)8(18)16-10(17)20/h1-7H2,(H,16,18,20). The van der Waals surface area contributed by atoms with E-state index in [9.17, 15) is 27.6 Å². The van der Waals surface area contributed by atoms with Crippen molar-refractivity contribution in [3.8, 4) is 0 Å². The van der Waals surface area contributed by atoms with E-state index in [1.807, 2.05) is 0 Å². The number of nitrogens with zero attached hydrogens (tertiary/aromatic N) is 1. The summed E-state index contributed by atoms with van der Waals surface area (Å²) in [6.07, 6.45) is 2.97. The number of urea groups is 1. The van der Waals surface area contributed by atoms with Crippen LogP contribution in [0.3, 0.4) is 0 Å². The minimum Gasteiger partial charge on any atom is -0.277 e. The van der Waals surface area contributed by atoms with Crippen molar-refractivity contribution in [2.75, 3.05) is 12.3 Å². The molecule has 0 bridgehead atoms. The quantitative estimate of drug-likeness (QED) is 0.809. The molecule has 1 spiro atoms. The van der Waals surface area contributed by atoms with Crippen LogP contribution in [0.15, 0.2) is 0 Å². The van der Waals surface area contributed by atoms with Crippen LogP contribution in [0.4, 0.5) is 18.0 Å². The van der Waals surface area contributed by atoms with Gasteiger partial charge in [-0.1, -0.05) is 19.3 Å². The number of imide groups is 2. The van der Waals surface area contributed by atoms with Crippen LogP contribution < -0.4 is 5.32 Å². The van der Waals surface area contributed by atoms with Crippen LogP contribution in [0.2, 0.25) is 0 Å². The Morgan fingerprint density at radius 2 is 1.76 bits per heavy atom. The van der Waals surface area contributed by atoms with Crippen LogP contribution in [-0.2, 0) is 9.59 Å². The molecule has 9 heteroatoms. The van der Waals surface area contributed by atoms with Gasteiger partial charge in [-0.05, 0) is 24.6 Å². The van der Waals surface area contributed by atoms with E-state index >= 15 is 0 Å². The average Bonchev–Trinajstić information content (AvgIpc) is 2.41. The third-order valence-electron chi connectivity index (χ3n) is 3.84. The summed E-state index contributed by atoms with van der Waals surface area (Å²) in [6.45, 7) is -0.357. The zero-order valence-electron chi connectivity index (χ0n) is 11.2. The number of nitrogens with one attached hydrogen (secondary N) is 1. The number of thioether (sulfide) groups is 1. The summed E-state index contributed by atoms with van der Waals surface area (Å²) in [4.78, 5) is 36.9. The second-order valence-electron chi connectivity index (χ2n) is 5.15. The van der Waals surface area contributed by atoms with Crippen molar-refractivity contribution in [2.45, 2.75) is 37.6 Å². The van der Waals surface area contributed by atoms with E-state index < -0.39 is 34.5 Å². The molecule has 0 aromatic rings. The number of barbiturate groups is 1. The lowest BCUT2D eigenvalue weighted by Crippen LogP contribution is -2.64. The summed E-state index contributed by atoms with van der Waals surface area (Å²) in [6, 6.07) is -0.927. The van der Waals surface area contributed by atoms with Crippen LogP contribution in [0.25, 0.3) is 0 Å². The van der Waals surface area contributed by atoms with E-state index in [0.717, 1.165) is 11.3 Å². The Kier molecular flexibility index (Phi) is 4.50. The van der Waals surface area contributed by atoms with E-state index in [2.05, 4.69) is 5.32 Å². The number of hydrogen-bond donors (Lipinski definition) is 1. The highest BCUT2D eigenvalue weighted by molar-refractivity contribution is 8.00. The lowest BCUT2D eigenvalue weighted by Gasteiger charge is -2.41. The van der Waals surface area contributed by atoms with Gasteiger partial charge < -0.3 is 0 Å². The largest absolute Gasteiger partial charge is 0.441 e. The van der Waals surface area contributed by atoms with E-state index in [4.69, 9.17) is 0 Å². The zero-order chi connectivity index (χ0) is 15.7. The number of halogens is 3. The minimum atomic E-state index is -4.41. The Morgan fingerprint density at radius 1 is 1.14 bits per heavy atom. The molecule has 5 nitrogen and oxygen atoms in total. The fourth-order valence-corrected chi connectivity index (χ4v) is 3.29. The number of alkyl halides is 3. The lowest BCUT2D eigenvalue weighted by molar-refractivity contribution is -0.153. The van der Waals surface area contributed by atoms with E-state index in [0.29, 0.717) is 25.7 Å². The topological polar surface area (TPSA) is 66.5 Å². The second-order valence-corrected chi connectivity index (χ2v) is 6.31. The van der Waals surface area contributed by atoms with Gasteiger partial charge in [-0.2, -0.15) is 13.2 Å². The molecule has 0 radical (unpaired) electrons. The molecule has 1 aliphatic carbocycles. The summed E-state index contributed by atoms with van der Waals surface area (Å²) in [5.74, 6) is -1.71. The molecule has 0 atom stereocenters. The molecule has 2 fully saturated rings. The van der Waals surface area contributed by atoms with Crippen LogP contribution >= 0.6 is 11.8 Å². The van der Waals surface area contributed by atoms with Gasteiger partial charge in [0.05, 0.1) is 0 Å². The van der Waals surface area contributed by atoms with Gasteiger partial charge in [0.15, 0.2) is 0 Å². The lowest BCUT2D eigenvalue weighted by atomic mass is 9.71. The molecule has 2 rings (SSSR count). The summed E-state index contributed by atoms with van der Waals surface area (Å²) in [5.41, 5.74) is -5.68. The SMILES string of the molecule is O=C1NC(=O)C2(CCCCC2)C(=O)N1CCSC(F)(F)F. The number of hydrogen-bond acceptors (Lipinski definition) is 4. The highest BCUT2D eigenvalue weighted by atomic mass is 32.2. The predicted molar refractivity (Wildman–Crippen MR) is 69.3 cm³/mol. The third-order valence-corrected chi connectivity index (χ3v) is 4.56. The molecule has 1 N–H and O–H groups in total. The Hall–Kier alpha value is -1.25. The molecule has 118 valence electrons. The fraction of sp³-hybridized carbons (Fsp3) is 0.750. The maximum atomic E-state index is 12.4. The normalized spacial score (nSPS) is 22.6. The molecule has 4 amide bonds. The van der Waals surface area contributed by atoms with Crippen LogP contribution in [0.1, 0.15) is 32.1 Å². The van der Waals surface area contributed by atoms with Crippen molar-refractivity contribution in [3.05, 3.63) is 0 Å². The van der Waals surface area contributed by atoms with Gasteiger partial charge in [-0.15, -0.1) is 0 Å². The van der Waals surface area contributed by atoms with Gasteiger partial charge in [0.25, 0.3) is 0 Å². The highest BCUT2D eigenvalue weighted by Gasteiger charge is 2.53. The summed E-state index contributed by atoms with van der Waals surface area (Å²) in [7, 11) is 0.